The fourth-order valence-corrected chi connectivity index (χ4v) is 2.88. The standard InChI is InChI=1S/C14H29NO2/c1-5-9-15-13(12(3)4)14(17-6-2)7-10-16-11-8-14/h12-13,15H,5-11H2,1-4H3. The monoisotopic (exact) mass is 243 g/mol. The molecule has 0 saturated carbocycles. The van der Waals surface area contributed by atoms with Crippen molar-refractivity contribution in [2.24, 2.45) is 5.92 Å². The molecule has 1 saturated heterocycles. The van der Waals surface area contributed by atoms with E-state index in [9.17, 15) is 0 Å². The second kappa shape index (κ2) is 7.34. The summed E-state index contributed by atoms with van der Waals surface area (Å²) in [4.78, 5) is 0. The molecule has 1 unspecified atom stereocenters. The van der Waals surface area contributed by atoms with E-state index in [0.29, 0.717) is 12.0 Å². The first-order valence-electron chi connectivity index (χ1n) is 7.11. The Morgan fingerprint density at radius 1 is 1.24 bits per heavy atom. The van der Waals surface area contributed by atoms with Crippen molar-refractivity contribution >= 4 is 0 Å². The minimum Gasteiger partial charge on any atom is -0.381 e. The van der Waals surface area contributed by atoms with Crippen LogP contribution in [-0.4, -0.2) is 38.0 Å². The maximum Gasteiger partial charge on any atom is 0.0880 e. The lowest BCUT2D eigenvalue weighted by molar-refractivity contribution is -0.134. The molecule has 1 heterocycles. The van der Waals surface area contributed by atoms with Crippen molar-refractivity contribution in [3.8, 4) is 0 Å². The van der Waals surface area contributed by atoms with Gasteiger partial charge in [-0.15, -0.1) is 0 Å². The van der Waals surface area contributed by atoms with Crippen LogP contribution in [0.15, 0.2) is 0 Å². The molecule has 0 aromatic carbocycles. The van der Waals surface area contributed by atoms with Crippen LogP contribution in [0.2, 0.25) is 0 Å². The number of ether oxygens (including phenoxy) is 2. The molecule has 1 aliphatic heterocycles. The largest absolute Gasteiger partial charge is 0.381 e. The second-order valence-corrected chi connectivity index (χ2v) is 5.29. The summed E-state index contributed by atoms with van der Waals surface area (Å²) in [6, 6.07) is 0.436. The number of rotatable bonds is 7. The molecule has 0 amide bonds. The summed E-state index contributed by atoms with van der Waals surface area (Å²) in [5.74, 6) is 0.589. The zero-order valence-electron chi connectivity index (χ0n) is 11.9. The van der Waals surface area contributed by atoms with Gasteiger partial charge < -0.3 is 14.8 Å². The first kappa shape index (κ1) is 14.9. The highest BCUT2D eigenvalue weighted by Crippen LogP contribution is 2.32. The van der Waals surface area contributed by atoms with Crippen LogP contribution in [0.4, 0.5) is 0 Å². The van der Waals surface area contributed by atoms with Gasteiger partial charge in [-0.1, -0.05) is 20.8 Å². The Balaban J connectivity index is 2.75. The Morgan fingerprint density at radius 3 is 2.35 bits per heavy atom. The molecule has 1 N–H and O–H groups in total. The van der Waals surface area contributed by atoms with E-state index >= 15 is 0 Å². The highest BCUT2D eigenvalue weighted by Gasteiger charge is 2.42. The summed E-state index contributed by atoms with van der Waals surface area (Å²) in [6.45, 7) is 12.4. The van der Waals surface area contributed by atoms with Crippen molar-refractivity contribution in [3.63, 3.8) is 0 Å². The zero-order valence-corrected chi connectivity index (χ0v) is 11.9. The Bertz CT molecular complexity index is 195. The third-order valence-electron chi connectivity index (χ3n) is 3.62. The van der Waals surface area contributed by atoms with Crippen molar-refractivity contribution < 1.29 is 9.47 Å². The predicted molar refractivity (Wildman–Crippen MR) is 71.3 cm³/mol. The van der Waals surface area contributed by atoms with Gasteiger partial charge >= 0.3 is 0 Å². The van der Waals surface area contributed by atoms with Crippen molar-refractivity contribution in [1.82, 2.24) is 5.32 Å². The van der Waals surface area contributed by atoms with Crippen LogP contribution in [0, 0.1) is 5.92 Å². The van der Waals surface area contributed by atoms with Gasteiger partial charge in [0.1, 0.15) is 0 Å². The van der Waals surface area contributed by atoms with Gasteiger partial charge in [0, 0.05) is 38.7 Å². The average molecular weight is 243 g/mol. The lowest BCUT2D eigenvalue weighted by atomic mass is 9.80. The predicted octanol–water partition coefficient (Wildman–Crippen LogP) is 2.60. The van der Waals surface area contributed by atoms with Crippen molar-refractivity contribution in [2.45, 2.75) is 58.6 Å². The zero-order chi connectivity index (χ0) is 12.7. The number of hydrogen-bond acceptors (Lipinski definition) is 3. The summed E-state index contributed by atoms with van der Waals surface area (Å²) in [7, 11) is 0. The van der Waals surface area contributed by atoms with Crippen LogP contribution >= 0.6 is 0 Å². The summed E-state index contributed by atoms with van der Waals surface area (Å²) < 4.78 is 11.6. The Labute approximate surface area is 106 Å². The van der Waals surface area contributed by atoms with E-state index in [2.05, 4.69) is 33.0 Å². The van der Waals surface area contributed by atoms with E-state index in [0.717, 1.165) is 39.2 Å². The molecule has 1 rings (SSSR count). The van der Waals surface area contributed by atoms with Crippen LogP contribution in [0.1, 0.15) is 47.0 Å². The van der Waals surface area contributed by atoms with Gasteiger partial charge in [0.15, 0.2) is 0 Å². The van der Waals surface area contributed by atoms with Crippen molar-refractivity contribution in [2.75, 3.05) is 26.4 Å². The van der Waals surface area contributed by atoms with Gasteiger partial charge in [0.2, 0.25) is 0 Å². The molecule has 1 aliphatic rings. The van der Waals surface area contributed by atoms with Crippen LogP contribution in [0.5, 0.6) is 0 Å². The second-order valence-electron chi connectivity index (χ2n) is 5.29. The Kier molecular flexibility index (Phi) is 6.45. The SMILES string of the molecule is CCCNC(C(C)C)C1(OCC)CCOCC1. The number of nitrogens with one attached hydrogen (secondary N) is 1. The van der Waals surface area contributed by atoms with Gasteiger partial charge in [-0.2, -0.15) is 0 Å². The summed E-state index contributed by atoms with van der Waals surface area (Å²) in [5, 5.41) is 3.68. The number of hydrogen-bond donors (Lipinski definition) is 1. The highest BCUT2D eigenvalue weighted by molar-refractivity contribution is 4.96. The van der Waals surface area contributed by atoms with E-state index in [4.69, 9.17) is 9.47 Å². The maximum atomic E-state index is 6.15. The van der Waals surface area contributed by atoms with Gasteiger partial charge in [0.25, 0.3) is 0 Å². The van der Waals surface area contributed by atoms with E-state index in [1.54, 1.807) is 0 Å². The summed E-state index contributed by atoms with van der Waals surface area (Å²) >= 11 is 0. The first-order chi connectivity index (χ1) is 8.16. The fourth-order valence-electron chi connectivity index (χ4n) is 2.88. The molecule has 0 spiro atoms. The van der Waals surface area contributed by atoms with Gasteiger partial charge in [0.05, 0.1) is 5.60 Å². The van der Waals surface area contributed by atoms with E-state index in [1.165, 1.54) is 6.42 Å². The average Bonchev–Trinajstić information content (AvgIpc) is 2.30. The van der Waals surface area contributed by atoms with Crippen LogP contribution in [-0.2, 0) is 9.47 Å². The van der Waals surface area contributed by atoms with E-state index < -0.39 is 0 Å². The molecule has 102 valence electrons. The lowest BCUT2D eigenvalue weighted by Crippen LogP contribution is -2.58. The topological polar surface area (TPSA) is 30.5 Å². The third kappa shape index (κ3) is 3.94. The maximum absolute atomic E-state index is 6.15. The fraction of sp³-hybridized carbons (Fsp3) is 1.00. The molecule has 0 bridgehead atoms. The molecule has 0 aromatic rings. The minimum absolute atomic E-state index is 0.0175. The molecular formula is C14H29NO2. The molecule has 0 aromatic heterocycles. The normalized spacial score (nSPS) is 21.7. The van der Waals surface area contributed by atoms with Crippen molar-refractivity contribution in [3.05, 3.63) is 0 Å². The summed E-state index contributed by atoms with van der Waals surface area (Å²) in [6.07, 6.45) is 3.20. The molecule has 17 heavy (non-hydrogen) atoms. The third-order valence-corrected chi connectivity index (χ3v) is 3.62. The Morgan fingerprint density at radius 2 is 1.88 bits per heavy atom. The molecule has 3 heteroatoms. The lowest BCUT2D eigenvalue weighted by Gasteiger charge is -2.45. The Hall–Kier alpha value is -0.120. The van der Waals surface area contributed by atoms with Crippen LogP contribution in [0.3, 0.4) is 0 Å². The van der Waals surface area contributed by atoms with E-state index in [1.807, 2.05) is 0 Å². The van der Waals surface area contributed by atoms with Gasteiger partial charge in [-0.3, -0.25) is 0 Å². The molecule has 3 nitrogen and oxygen atoms in total. The molecule has 1 fully saturated rings. The molecular weight excluding hydrogens is 214 g/mol. The summed E-state index contributed by atoms with van der Waals surface area (Å²) in [5.41, 5.74) is -0.0175. The molecule has 0 radical (unpaired) electrons. The minimum atomic E-state index is -0.0175. The van der Waals surface area contributed by atoms with Gasteiger partial charge in [-0.25, -0.2) is 0 Å². The molecule has 1 atom stereocenters. The first-order valence-corrected chi connectivity index (χ1v) is 7.11. The highest BCUT2D eigenvalue weighted by atomic mass is 16.5. The quantitative estimate of drug-likeness (QED) is 0.745. The van der Waals surface area contributed by atoms with Crippen molar-refractivity contribution in [1.29, 1.82) is 0 Å². The smallest absolute Gasteiger partial charge is 0.0880 e. The molecule has 0 aliphatic carbocycles. The van der Waals surface area contributed by atoms with Gasteiger partial charge in [-0.05, 0) is 25.8 Å². The van der Waals surface area contributed by atoms with E-state index in [-0.39, 0.29) is 5.60 Å². The van der Waals surface area contributed by atoms with Crippen LogP contribution in [0.25, 0.3) is 0 Å². The van der Waals surface area contributed by atoms with Crippen LogP contribution < -0.4 is 5.32 Å².